The predicted octanol–water partition coefficient (Wildman–Crippen LogP) is 3.97. The van der Waals surface area contributed by atoms with Crippen LogP contribution in [0, 0.1) is 6.92 Å². The van der Waals surface area contributed by atoms with E-state index in [1.165, 1.54) is 5.56 Å². The quantitative estimate of drug-likeness (QED) is 0.684. The Balaban J connectivity index is 1.69. The first kappa shape index (κ1) is 20.3. The van der Waals surface area contributed by atoms with Crippen LogP contribution in [0.25, 0.3) is 11.4 Å². The molecule has 2 aromatic heterocycles. The van der Waals surface area contributed by atoms with Crippen LogP contribution in [0.4, 0.5) is 17.5 Å². The molecule has 1 aliphatic heterocycles. The van der Waals surface area contributed by atoms with E-state index in [-0.39, 0.29) is 5.41 Å². The van der Waals surface area contributed by atoms with Crippen molar-refractivity contribution in [3.63, 3.8) is 0 Å². The number of hydrogen-bond donors (Lipinski definition) is 2. The van der Waals surface area contributed by atoms with Gasteiger partial charge in [-0.2, -0.15) is 5.10 Å². The zero-order valence-corrected chi connectivity index (χ0v) is 18.5. The van der Waals surface area contributed by atoms with Gasteiger partial charge >= 0.3 is 0 Å². The Labute approximate surface area is 178 Å². The van der Waals surface area contributed by atoms with Crippen LogP contribution in [0.2, 0.25) is 0 Å². The van der Waals surface area contributed by atoms with E-state index in [0.29, 0.717) is 0 Å². The van der Waals surface area contributed by atoms with Crippen LogP contribution in [-0.4, -0.2) is 58.3 Å². The molecule has 0 unspecified atom stereocenters. The van der Waals surface area contributed by atoms with Crippen molar-refractivity contribution in [3.05, 3.63) is 47.7 Å². The topological polar surface area (TPSA) is 73.0 Å². The third-order valence-corrected chi connectivity index (χ3v) is 5.51. The summed E-state index contributed by atoms with van der Waals surface area (Å²) in [7, 11) is 2.16. The average molecular weight is 406 g/mol. The maximum Gasteiger partial charge on any atom is 0.163 e. The maximum absolute atomic E-state index is 4.92. The van der Waals surface area contributed by atoms with Crippen molar-refractivity contribution < 1.29 is 0 Å². The lowest BCUT2D eigenvalue weighted by molar-refractivity contribution is 0.312. The molecule has 1 saturated heterocycles. The Hall–Kier alpha value is -2.93. The van der Waals surface area contributed by atoms with E-state index in [4.69, 9.17) is 9.97 Å². The number of hydrogen-bond acceptors (Lipinski definition) is 6. The minimum atomic E-state index is 0.117. The number of H-pyrrole nitrogens is 1. The van der Waals surface area contributed by atoms with Gasteiger partial charge in [0, 0.05) is 49.6 Å². The summed E-state index contributed by atoms with van der Waals surface area (Å²) in [5.74, 6) is 3.18. The van der Waals surface area contributed by atoms with Gasteiger partial charge in [0.15, 0.2) is 11.6 Å². The number of nitrogens with zero attached hydrogens (tertiary/aromatic N) is 5. The number of aromatic nitrogens is 4. The highest BCUT2D eigenvalue weighted by Crippen LogP contribution is 2.28. The van der Waals surface area contributed by atoms with Crippen LogP contribution in [0.15, 0.2) is 36.4 Å². The lowest BCUT2D eigenvalue weighted by Crippen LogP contribution is -2.44. The predicted molar refractivity (Wildman–Crippen MR) is 122 cm³/mol. The van der Waals surface area contributed by atoms with Gasteiger partial charge in [-0.05, 0) is 24.9 Å². The molecule has 158 valence electrons. The smallest absolute Gasteiger partial charge is 0.163 e. The molecule has 0 bridgehead atoms. The highest BCUT2D eigenvalue weighted by molar-refractivity contribution is 5.65. The molecule has 1 aliphatic rings. The largest absolute Gasteiger partial charge is 0.354 e. The van der Waals surface area contributed by atoms with E-state index in [2.05, 4.69) is 77.4 Å². The summed E-state index contributed by atoms with van der Waals surface area (Å²) in [5.41, 5.74) is 3.43. The van der Waals surface area contributed by atoms with E-state index in [1.807, 2.05) is 19.1 Å². The number of aromatic amines is 1. The number of aryl methyl sites for hydroxylation is 1. The summed E-state index contributed by atoms with van der Waals surface area (Å²) >= 11 is 0. The fourth-order valence-corrected chi connectivity index (χ4v) is 3.56. The summed E-state index contributed by atoms with van der Waals surface area (Å²) in [5, 5.41) is 10.6. The molecule has 30 heavy (non-hydrogen) atoms. The minimum Gasteiger partial charge on any atom is -0.354 e. The first-order valence-electron chi connectivity index (χ1n) is 10.5. The van der Waals surface area contributed by atoms with Crippen LogP contribution in [0.3, 0.4) is 0 Å². The Bertz CT molecular complexity index is 993. The Morgan fingerprint density at radius 1 is 0.933 bits per heavy atom. The molecule has 0 aliphatic carbocycles. The van der Waals surface area contributed by atoms with Gasteiger partial charge in [0.05, 0.1) is 0 Å². The standard InChI is InChI=1S/C23H31N7/c1-16-14-20(28-27-16)24-19-15-21(30-12-10-29(5)11-13-30)26-22(25-19)17-6-8-18(9-7-17)23(2,3)4/h6-9,14-15H,10-13H2,1-5H3,(H2,24,25,26,27,28). The monoisotopic (exact) mass is 405 g/mol. The number of benzene rings is 1. The summed E-state index contributed by atoms with van der Waals surface area (Å²) in [6.07, 6.45) is 0. The fourth-order valence-electron chi connectivity index (χ4n) is 3.56. The molecule has 0 saturated carbocycles. The maximum atomic E-state index is 4.92. The lowest BCUT2D eigenvalue weighted by Gasteiger charge is -2.33. The van der Waals surface area contributed by atoms with E-state index in [1.54, 1.807) is 0 Å². The molecule has 1 aromatic carbocycles. The van der Waals surface area contributed by atoms with E-state index < -0.39 is 0 Å². The molecular weight excluding hydrogens is 374 g/mol. The molecule has 3 heterocycles. The third kappa shape index (κ3) is 4.62. The Kier molecular flexibility index (Phi) is 5.47. The van der Waals surface area contributed by atoms with Crippen molar-refractivity contribution in [1.82, 2.24) is 25.1 Å². The normalized spacial score (nSPS) is 15.4. The van der Waals surface area contributed by atoms with Gasteiger partial charge < -0.3 is 15.1 Å². The van der Waals surface area contributed by atoms with Gasteiger partial charge in [0.25, 0.3) is 0 Å². The van der Waals surface area contributed by atoms with E-state index in [0.717, 1.165) is 60.7 Å². The molecule has 4 rings (SSSR count). The van der Waals surface area contributed by atoms with Gasteiger partial charge in [-0.25, -0.2) is 9.97 Å². The van der Waals surface area contributed by atoms with Gasteiger partial charge in [0.2, 0.25) is 0 Å². The number of piperazine rings is 1. The fraction of sp³-hybridized carbons (Fsp3) is 0.435. The van der Waals surface area contributed by atoms with Crippen molar-refractivity contribution in [2.24, 2.45) is 0 Å². The second-order valence-electron chi connectivity index (χ2n) is 9.11. The number of rotatable bonds is 4. The molecule has 0 spiro atoms. The number of nitrogens with one attached hydrogen (secondary N) is 2. The Morgan fingerprint density at radius 3 is 2.23 bits per heavy atom. The lowest BCUT2D eigenvalue weighted by atomic mass is 9.87. The van der Waals surface area contributed by atoms with Crippen LogP contribution >= 0.6 is 0 Å². The Morgan fingerprint density at radius 2 is 1.63 bits per heavy atom. The van der Waals surface area contributed by atoms with E-state index >= 15 is 0 Å². The summed E-state index contributed by atoms with van der Waals surface area (Å²) in [4.78, 5) is 14.4. The third-order valence-electron chi connectivity index (χ3n) is 5.51. The molecule has 0 radical (unpaired) electrons. The highest BCUT2D eigenvalue weighted by Gasteiger charge is 2.19. The number of anilines is 3. The first-order chi connectivity index (χ1) is 14.3. The van der Waals surface area contributed by atoms with Crippen molar-refractivity contribution >= 4 is 17.5 Å². The molecule has 2 N–H and O–H groups in total. The van der Waals surface area contributed by atoms with Crippen LogP contribution in [-0.2, 0) is 5.41 Å². The molecule has 1 fully saturated rings. The van der Waals surface area contributed by atoms with Gasteiger partial charge in [-0.15, -0.1) is 0 Å². The van der Waals surface area contributed by atoms with Crippen LogP contribution in [0.5, 0.6) is 0 Å². The average Bonchev–Trinajstić information content (AvgIpc) is 3.12. The van der Waals surface area contributed by atoms with Gasteiger partial charge in [0.1, 0.15) is 11.6 Å². The zero-order valence-electron chi connectivity index (χ0n) is 18.5. The molecule has 7 nitrogen and oxygen atoms in total. The summed E-state index contributed by atoms with van der Waals surface area (Å²) in [6, 6.07) is 12.6. The molecule has 7 heteroatoms. The second-order valence-corrected chi connectivity index (χ2v) is 9.11. The second kappa shape index (κ2) is 8.07. The zero-order chi connectivity index (χ0) is 21.3. The van der Waals surface area contributed by atoms with Crippen LogP contribution < -0.4 is 10.2 Å². The molecule has 0 amide bonds. The molecule has 3 aromatic rings. The molecule has 0 atom stereocenters. The SMILES string of the molecule is Cc1cc(Nc2cc(N3CCN(C)CC3)nc(-c3ccc(C(C)(C)C)cc3)n2)n[nH]1. The first-order valence-corrected chi connectivity index (χ1v) is 10.5. The minimum absolute atomic E-state index is 0.117. The van der Waals surface area contributed by atoms with Crippen molar-refractivity contribution in [2.75, 3.05) is 43.4 Å². The summed E-state index contributed by atoms with van der Waals surface area (Å²) in [6.45, 7) is 12.6. The van der Waals surface area contributed by atoms with E-state index in [9.17, 15) is 0 Å². The van der Waals surface area contributed by atoms with Gasteiger partial charge in [-0.3, -0.25) is 5.10 Å². The summed E-state index contributed by atoms with van der Waals surface area (Å²) < 4.78 is 0. The number of likely N-dealkylation sites (N-methyl/N-ethyl adjacent to an activating group) is 1. The van der Waals surface area contributed by atoms with Gasteiger partial charge in [-0.1, -0.05) is 45.0 Å². The van der Waals surface area contributed by atoms with Crippen molar-refractivity contribution in [2.45, 2.75) is 33.1 Å². The molecular formula is C23H31N7. The van der Waals surface area contributed by atoms with Crippen LogP contribution in [0.1, 0.15) is 32.0 Å². The van der Waals surface area contributed by atoms with Crippen molar-refractivity contribution in [3.8, 4) is 11.4 Å². The highest BCUT2D eigenvalue weighted by atomic mass is 15.3. The van der Waals surface area contributed by atoms with Crippen molar-refractivity contribution in [1.29, 1.82) is 0 Å².